The predicted octanol–water partition coefficient (Wildman–Crippen LogP) is 4.48. The summed E-state index contributed by atoms with van der Waals surface area (Å²) in [4.78, 5) is 25.2. The molecule has 33 heavy (non-hydrogen) atoms. The summed E-state index contributed by atoms with van der Waals surface area (Å²) in [6.07, 6.45) is 2.75. The minimum Gasteiger partial charge on any atom is -0.492 e. The van der Waals surface area contributed by atoms with E-state index in [0.717, 1.165) is 30.4 Å². The molecule has 8 heteroatoms. The quantitative estimate of drug-likeness (QED) is 0.543. The summed E-state index contributed by atoms with van der Waals surface area (Å²) in [7, 11) is -3.65. The van der Waals surface area contributed by atoms with Crippen molar-refractivity contribution in [1.82, 2.24) is 4.31 Å². The number of Topliss-reactive ketones (excluding diaryl/α,β-unsaturated/α-hetero) is 1. The Hall–Kier alpha value is -2.71. The molecule has 3 rings (SSSR count). The van der Waals surface area contributed by atoms with Crippen LogP contribution in [0.25, 0.3) is 0 Å². The number of anilines is 1. The van der Waals surface area contributed by atoms with Crippen molar-refractivity contribution in [3.63, 3.8) is 0 Å². The highest BCUT2D eigenvalue weighted by Crippen LogP contribution is 2.30. The van der Waals surface area contributed by atoms with Gasteiger partial charge < -0.3 is 10.1 Å². The lowest BCUT2D eigenvalue weighted by molar-refractivity contribution is -0.116. The number of ketones is 1. The molecule has 1 aliphatic heterocycles. The Bertz CT molecular complexity index is 1120. The fraction of sp³-hybridized carbons (Fsp3) is 0.440. The first-order valence-electron chi connectivity index (χ1n) is 11.4. The first-order valence-corrected chi connectivity index (χ1v) is 12.8. The molecule has 2 aromatic carbocycles. The van der Waals surface area contributed by atoms with E-state index in [1.807, 2.05) is 32.9 Å². The number of carbonyl (C=O) groups excluding carboxylic acids is 2. The van der Waals surface area contributed by atoms with Gasteiger partial charge in [-0.1, -0.05) is 18.6 Å². The van der Waals surface area contributed by atoms with Gasteiger partial charge in [0.2, 0.25) is 15.9 Å². The van der Waals surface area contributed by atoms with Crippen LogP contribution in [0.5, 0.6) is 5.75 Å². The normalized spacial score (nSPS) is 14.6. The van der Waals surface area contributed by atoms with Crippen LogP contribution in [0.1, 0.15) is 60.5 Å². The van der Waals surface area contributed by atoms with Crippen molar-refractivity contribution in [2.45, 2.75) is 57.8 Å². The highest BCUT2D eigenvalue weighted by atomic mass is 32.2. The second-order valence-corrected chi connectivity index (χ2v) is 10.3. The van der Waals surface area contributed by atoms with Crippen LogP contribution in [0.15, 0.2) is 41.3 Å². The zero-order valence-electron chi connectivity index (χ0n) is 19.5. The Morgan fingerprint density at radius 2 is 1.70 bits per heavy atom. The van der Waals surface area contributed by atoms with E-state index in [1.165, 1.54) is 16.4 Å². The Labute approximate surface area is 196 Å². The summed E-state index contributed by atoms with van der Waals surface area (Å²) in [6.45, 7) is 7.10. The van der Waals surface area contributed by atoms with Crippen molar-refractivity contribution in [3.8, 4) is 5.75 Å². The molecule has 1 saturated heterocycles. The molecular formula is C25H32N2O5S. The molecular weight excluding hydrogens is 440 g/mol. The molecule has 178 valence electrons. The number of nitrogens with zero attached hydrogens (tertiary/aromatic N) is 1. The van der Waals surface area contributed by atoms with E-state index in [0.29, 0.717) is 36.7 Å². The molecule has 0 bridgehead atoms. The number of hydrogen-bond donors (Lipinski definition) is 1. The summed E-state index contributed by atoms with van der Waals surface area (Å²) in [5, 5.41) is 2.74. The molecule has 0 radical (unpaired) electrons. The third kappa shape index (κ3) is 6.21. The average Bonchev–Trinajstić information content (AvgIpc) is 2.81. The fourth-order valence-electron chi connectivity index (χ4n) is 3.80. The van der Waals surface area contributed by atoms with Crippen LogP contribution in [0, 0.1) is 13.8 Å². The van der Waals surface area contributed by atoms with Gasteiger partial charge in [0, 0.05) is 31.5 Å². The predicted molar refractivity (Wildman–Crippen MR) is 128 cm³/mol. The molecule has 0 aliphatic carbocycles. The van der Waals surface area contributed by atoms with Gasteiger partial charge in [-0.05, 0) is 69.0 Å². The molecule has 1 N–H and O–H groups in total. The average molecular weight is 473 g/mol. The Morgan fingerprint density at radius 3 is 2.36 bits per heavy atom. The van der Waals surface area contributed by atoms with Gasteiger partial charge in [-0.3, -0.25) is 9.59 Å². The number of aryl methyl sites for hydroxylation is 2. The van der Waals surface area contributed by atoms with Gasteiger partial charge in [0.15, 0.2) is 5.78 Å². The van der Waals surface area contributed by atoms with Crippen LogP contribution >= 0.6 is 0 Å². The number of benzene rings is 2. The molecule has 2 aromatic rings. The molecule has 0 unspecified atom stereocenters. The van der Waals surface area contributed by atoms with Crippen LogP contribution in [-0.2, 0) is 14.8 Å². The lowest BCUT2D eigenvalue weighted by Gasteiger charge is -2.26. The number of rotatable bonds is 9. The molecule has 1 amide bonds. The van der Waals surface area contributed by atoms with Crippen molar-refractivity contribution in [2.75, 3.05) is 25.0 Å². The Kier molecular flexibility index (Phi) is 8.26. The molecule has 1 heterocycles. The van der Waals surface area contributed by atoms with E-state index in [9.17, 15) is 18.0 Å². The van der Waals surface area contributed by atoms with E-state index in [4.69, 9.17) is 4.74 Å². The SMILES string of the molecule is CCOc1ccc(S(=O)(=O)N2CCCCC2)cc1NC(=O)CCC(=O)c1ccc(C)c(C)c1. The van der Waals surface area contributed by atoms with Crippen molar-refractivity contribution in [3.05, 3.63) is 53.1 Å². The summed E-state index contributed by atoms with van der Waals surface area (Å²) in [5.74, 6) is -0.0932. The number of ether oxygens (including phenoxy) is 1. The van der Waals surface area contributed by atoms with Crippen LogP contribution in [0.2, 0.25) is 0 Å². The summed E-state index contributed by atoms with van der Waals surface area (Å²) >= 11 is 0. The van der Waals surface area contributed by atoms with Gasteiger partial charge >= 0.3 is 0 Å². The van der Waals surface area contributed by atoms with Gasteiger partial charge in [-0.15, -0.1) is 0 Å². The van der Waals surface area contributed by atoms with E-state index >= 15 is 0 Å². The molecule has 7 nitrogen and oxygen atoms in total. The maximum atomic E-state index is 13.0. The molecule has 0 saturated carbocycles. The zero-order valence-corrected chi connectivity index (χ0v) is 20.3. The fourth-order valence-corrected chi connectivity index (χ4v) is 5.35. The maximum Gasteiger partial charge on any atom is 0.243 e. The number of amides is 1. The van der Waals surface area contributed by atoms with E-state index in [-0.39, 0.29) is 29.4 Å². The number of piperidine rings is 1. The Morgan fingerprint density at radius 1 is 0.970 bits per heavy atom. The number of nitrogens with one attached hydrogen (secondary N) is 1. The first-order chi connectivity index (χ1) is 15.7. The lowest BCUT2D eigenvalue weighted by Crippen LogP contribution is -2.35. The van der Waals surface area contributed by atoms with Crippen molar-refractivity contribution < 1.29 is 22.7 Å². The lowest BCUT2D eigenvalue weighted by atomic mass is 10.0. The van der Waals surface area contributed by atoms with E-state index in [2.05, 4.69) is 5.32 Å². The minimum absolute atomic E-state index is 0.0135. The van der Waals surface area contributed by atoms with Gasteiger partial charge in [0.25, 0.3) is 0 Å². The smallest absolute Gasteiger partial charge is 0.243 e. The maximum absolute atomic E-state index is 13.0. The minimum atomic E-state index is -3.65. The van der Waals surface area contributed by atoms with Crippen LogP contribution in [0.4, 0.5) is 5.69 Å². The highest BCUT2D eigenvalue weighted by Gasteiger charge is 2.27. The van der Waals surface area contributed by atoms with E-state index in [1.54, 1.807) is 12.1 Å². The topological polar surface area (TPSA) is 92.8 Å². The third-order valence-corrected chi connectivity index (χ3v) is 7.78. The zero-order chi connectivity index (χ0) is 24.0. The number of sulfonamides is 1. The summed E-state index contributed by atoms with van der Waals surface area (Å²) < 4.78 is 33.2. The van der Waals surface area contributed by atoms with Crippen LogP contribution < -0.4 is 10.1 Å². The van der Waals surface area contributed by atoms with Crippen molar-refractivity contribution in [1.29, 1.82) is 0 Å². The second-order valence-electron chi connectivity index (χ2n) is 8.33. The van der Waals surface area contributed by atoms with Crippen molar-refractivity contribution in [2.24, 2.45) is 0 Å². The standard InChI is InChI=1S/C25H32N2O5S/c1-4-32-24-12-10-21(33(30,31)27-14-6-5-7-15-27)17-22(24)26-25(29)13-11-23(28)20-9-8-18(2)19(3)16-20/h8-10,12,16-17H,4-7,11,13-15H2,1-3H3,(H,26,29). The number of carbonyl (C=O) groups is 2. The first kappa shape index (κ1) is 24.9. The number of hydrogen-bond acceptors (Lipinski definition) is 5. The van der Waals surface area contributed by atoms with Crippen LogP contribution in [-0.4, -0.2) is 44.1 Å². The molecule has 0 atom stereocenters. The monoisotopic (exact) mass is 472 g/mol. The molecule has 1 fully saturated rings. The Balaban J connectivity index is 1.72. The molecule has 1 aliphatic rings. The van der Waals surface area contributed by atoms with Crippen molar-refractivity contribution >= 4 is 27.4 Å². The second kappa shape index (κ2) is 10.9. The molecule has 0 aromatic heterocycles. The van der Waals surface area contributed by atoms with Crippen LogP contribution in [0.3, 0.4) is 0 Å². The molecule has 0 spiro atoms. The summed E-state index contributed by atoms with van der Waals surface area (Å²) in [5.41, 5.74) is 3.00. The van der Waals surface area contributed by atoms with Gasteiger partial charge in [0.1, 0.15) is 5.75 Å². The largest absolute Gasteiger partial charge is 0.492 e. The van der Waals surface area contributed by atoms with Gasteiger partial charge in [-0.2, -0.15) is 4.31 Å². The van der Waals surface area contributed by atoms with E-state index < -0.39 is 10.0 Å². The third-order valence-electron chi connectivity index (χ3n) is 5.89. The highest BCUT2D eigenvalue weighted by molar-refractivity contribution is 7.89. The van der Waals surface area contributed by atoms with Gasteiger partial charge in [-0.25, -0.2) is 8.42 Å². The van der Waals surface area contributed by atoms with Gasteiger partial charge in [0.05, 0.1) is 17.2 Å². The summed E-state index contributed by atoms with van der Waals surface area (Å²) in [6, 6.07) is 10.0.